The second kappa shape index (κ2) is 33.2. The average Bonchev–Trinajstić information content (AvgIpc) is 2.95. The highest BCUT2D eigenvalue weighted by Gasteiger charge is 2.14. The van der Waals surface area contributed by atoms with E-state index in [-0.39, 0.29) is 18.5 Å². The topological polar surface area (TPSA) is 63.6 Å². The lowest BCUT2D eigenvalue weighted by Crippen LogP contribution is -2.18. The third-order valence-electron chi connectivity index (χ3n) is 8.24. The van der Waals surface area contributed by atoms with Crippen LogP contribution in [0.2, 0.25) is 0 Å². The minimum Gasteiger partial charge on any atom is -0.481 e. The number of hydrogen-bond donors (Lipinski definition) is 1. The molecule has 0 radical (unpaired) electrons. The number of rotatable bonds is 33. The Labute approximate surface area is 255 Å². The zero-order valence-corrected chi connectivity index (χ0v) is 27.6. The SMILES string of the molecule is CCCCCC/C=C\CCCCCCCCC(=O)OC(CCCCCCCCCCC)CCCCCCCC(=O)O. The summed E-state index contributed by atoms with van der Waals surface area (Å²) in [7, 11) is 0. The standard InChI is InChI=1S/C37H70O4/c1-3-5-7-9-11-13-14-15-16-17-19-21-26-30-34-37(40)41-35(32-28-24-22-25-29-33-36(38)39)31-27-23-20-18-12-10-8-6-4-2/h13-14,35H,3-12,15-34H2,1-2H3,(H,38,39)/b14-13-. The first-order chi connectivity index (χ1) is 20.1. The number of hydrogen-bond acceptors (Lipinski definition) is 3. The Balaban J connectivity index is 4.01. The molecule has 4 nitrogen and oxygen atoms in total. The molecular formula is C37H70O4. The zero-order valence-electron chi connectivity index (χ0n) is 27.6. The predicted molar refractivity (Wildman–Crippen MR) is 177 cm³/mol. The van der Waals surface area contributed by atoms with Gasteiger partial charge in [-0.05, 0) is 64.2 Å². The molecule has 0 aromatic rings. The Morgan fingerprint density at radius 1 is 0.512 bits per heavy atom. The fourth-order valence-corrected chi connectivity index (χ4v) is 5.53. The molecule has 1 N–H and O–H groups in total. The van der Waals surface area contributed by atoms with Crippen LogP contribution < -0.4 is 0 Å². The minimum absolute atomic E-state index is 0.00328. The van der Waals surface area contributed by atoms with Crippen molar-refractivity contribution in [1.29, 1.82) is 0 Å². The predicted octanol–water partition coefficient (Wildman–Crippen LogP) is 12.3. The number of carboxylic acid groups (broad SMARTS) is 1. The number of carboxylic acids is 1. The second-order valence-corrected chi connectivity index (χ2v) is 12.4. The third-order valence-corrected chi connectivity index (χ3v) is 8.24. The van der Waals surface area contributed by atoms with Crippen molar-refractivity contribution in [2.75, 3.05) is 0 Å². The summed E-state index contributed by atoms with van der Waals surface area (Å²) >= 11 is 0. The van der Waals surface area contributed by atoms with Gasteiger partial charge >= 0.3 is 11.9 Å². The quantitative estimate of drug-likeness (QED) is 0.0478. The molecule has 0 fully saturated rings. The molecule has 0 saturated heterocycles. The fraction of sp³-hybridized carbons (Fsp3) is 0.892. The van der Waals surface area contributed by atoms with Gasteiger partial charge in [0.25, 0.3) is 0 Å². The third kappa shape index (κ3) is 33.1. The van der Waals surface area contributed by atoms with E-state index >= 15 is 0 Å². The van der Waals surface area contributed by atoms with Gasteiger partial charge in [0.2, 0.25) is 0 Å². The first-order valence-electron chi connectivity index (χ1n) is 18.2. The van der Waals surface area contributed by atoms with Crippen molar-refractivity contribution in [3.8, 4) is 0 Å². The van der Waals surface area contributed by atoms with Crippen LogP contribution in [0.5, 0.6) is 0 Å². The molecule has 0 heterocycles. The van der Waals surface area contributed by atoms with Gasteiger partial charge in [0.1, 0.15) is 6.10 Å². The molecular weight excluding hydrogens is 508 g/mol. The largest absolute Gasteiger partial charge is 0.481 e. The zero-order chi connectivity index (χ0) is 30.1. The molecule has 0 rings (SSSR count). The van der Waals surface area contributed by atoms with E-state index < -0.39 is 5.97 Å². The second-order valence-electron chi connectivity index (χ2n) is 12.4. The van der Waals surface area contributed by atoms with Gasteiger partial charge in [0.15, 0.2) is 0 Å². The van der Waals surface area contributed by atoms with Crippen LogP contribution in [0, 0.1) is 0 Å². The van der Waals surface area contributed by atoms with Gasteiger partial charge in [-0.2, -0.15) is 0 Å². The summed E-state index contributed by atoms with van der Waals surface area (Å²) in [5.41, 5.74) is 0. The maximum absolute atomic E-state index is 12.6. The van der Waals surface area contributed by atoms with E-state index in [1.54, 1.807) is 0 Å². The number of carbonyl (C=O) groups excluding carboxylic acids is 1. The van der Waals surface area contributed by atoms with E-state index in [0.29, 0.717) is 6.42 Å². The van der Waals surface area contributed by atoms with Gasteiger partial charge in [-0.1, -0.05) is 142 Å². The molecule has 242 valence electrons. The molecule has 0 amide bonds. The van der Waals surface area contributed by atoms with Gasteiger partial charge in [0, 0.05) is 12.8 Å². The van der Waals surface area contributed by atoms with Crippen LogP contribution in [-0.2, 0) is 14.3 Å². The summed E-state index contributed by atoms with van der Waals surface area (Å²) in [5.74, 6) is -0.703. The van der Waals surface area contributed by atoms with Gasteiger partial charge < -0.3 is 9.84 Å². The van der Waals surface area contributed by atoms with Gasteiger partial charge in [0.05, 0.1) is 0 Å². The highest BCUT2D eigenvalue weighted by Crippen LogP contribution is 2.19. The van der Waals surface area contributed by atoms with Crippen LogP contribution in [0.4, 0.5) is 0 Å². The molecule has 0 aliphatic heterocycles. The van der Waals surface area contributed by atoms with Crippen LogP contribution >= 0.6 is 0 Å². The van der Waals surface area contributed by atoms with E-state index in [9.17, 15) is 9.59 Å². The summed E-state index contributed by atoms with van der Waals surface area (Å²) in [4.78, 5) is 23.3. The lowest BCUT2D eigenvalue weighted by atomic mass is 10.0. The Morgan fingerprint density at radius 2 is 0.878 bits per heavy atom. The molecule has 41 heavy (non-hydrogen) atoms. The van der Waals surface area contributed by atoms with Crippen molar-refractivity contribution in [3.05, 3.63) is 12.2 Å². The lowest BCUT2D eigenvalue weighted by Gasteiger charge is -2.18. The fourth-order valence-electron chi connectivity index (χ4n) is 5.53. The molecule has 0 aliphatic rings. The summed E-state index contributed by atoms with van der Waals surface area (Å²) in [6.45, 7) is 4.53. The van der Waals surface area contributed by atoms with Crippen LogP contribution in [0.25, 0.3) is 0 Å². The highest BCUT2D eigenvalue weighted by molar-refractivity contribution is 5.69. The smallest absolute Gasteiger partial charge is 0.306 e. The number of aliphatic carboxylic acids is 1. The van der Waals surface area contributed by atoms with Crippen LogP contribution in [0.1, 0.15) is 206 Å². The van der Waals surface area contributed by atoms with Crippen LogP contribution in [0.3, 0.4) is 0 Å². The molecule has 0 aromatic heterocycles. The van der Waals surface area contributed by atoms with Gasteiger partial charge in [-0.25, -0.2) is 0 Å². The van der Waals surface area contributed by atoms with E-state index in [4.69, 9.17) is 9.84 Å². The summed E-state index contributed by atoms with van der Waals surface area (Å²) in [6.07, 6.45) is 39.3. The summed E-state index contributed by atoms with van der Waals surface area (Å²) < 4.78 is 5.97. The van der Waals surface area contributed by atoms with Crippen molar-refractivity contribution in [2.24, 2.45) is 0 Å². The Bertz CT molecular complexity index is 585. The minimum atomic E-state index is -0.700. The van der Waals surface area contributed by atoms with Crippen molar-refractivity contribution >= 4 is 11.9 Å². The molecule has 1 unspecified atom stereocenters. The molecule has 1 atom stereocenters. The number of allylic oxidation sites excluding steroid dienone is 2. The monoisotopic (exact) mass is 579 g/mol. The van der Waals surface area contributed by atoms with E-state index in [2.05, 4.69) is 26.0 Å². The molecule has 0 aliphatic carbocycles. The molecule has 0 aromatic carbocycles. The van der Waals surface area contributed by atoms with Crippen LogP contribution in [0.15, 0.2) is 12.2 Å². The van der Waals surface area contributed by atoms with Crippen molar-refractivity contribution in [3.63, 3.8) is 0 Å². The first kappa shape index (κ1) is 39.7. The van der Waals surface area contributed by atoms with E-state index in [1.807, 2.05) is 0 Å². The highest BCUT2D eigenvalue weighted by atomic mass is 16.5. The normalized spacial score (nSPS) is 12.2. The molecule has 0 spiro atoms. The first-order valence-corrected chi connectivity index (χ1v) is 18.2. The summed E-state index contributed by atoms with van der Waals surface area (Å²) in [5, 5.41) is 8.78. The van der Waals surface area contributed by atoms with Crippen molar-refractivity contribution < 1.29 is 19.4 Å². The number of carbonyl (C=O) groups is 2. The average molecular weight is 579 g/mol. The maximum atomic E-state index is 12.6. The Hall–Kier alpha value is -1.32. The molecule has 4 heteroatoms. The van der Waals surface area contributed by atoms with Crippen molar-refractivity contribution in [1.82, 2.24) is 0 Å². The maximum Gasteiger partial charge on any atom is 0.306 e. The van der Waals surface area contributed by atoms with Gasteiger partial charge in [-0.3, -0.25) is 9.59 Å². The molecule has 0 saturated carbocycles. The Morgan fingerprint density at radius 3 is 1.34 bits per heavy atom. The number of ether oxygens (including phenoxy) is 1. The Kier molecular flexibility index (Phi) is 32.1. The van der Waals surface area contributed by atoms with E-state index in [0.717, 1.165) is 64.2 Å². The van der Waals surface area contributed by atoms with Gasteiger partial charge in [-0.15, -0.1) is 0 Å². The summed E-state index contributed by atoms with van der Waals surface area (Å²) in [6, 6.07) is 0. The van der Waals surface area contributed by atoms with E-state index in [1.165, 1.54) is 116 Å². The number of unbranched alkanes of at least 4 members (excludes halogenated alkanes) is 22. The number of esters is 1. The molecule has 0 bridgehead atoms. The lowest BCUT2D eigenvalue weighted by molar-refractivity contribution is -0.150. The van der Waals surface area contributed by atoms with Crippen molar-refractivity contribution in [2.45, 2.75) is 213 Å². The van der Waals surface area contributed by atoms with Crippen LogP contribution in [-0.4, -0.2) is 23.1 Å².